The first-order chi connectivity index (χ1) is 14.9. The van der Waals surface area contributed by atoms with E-state index < -0.39 is 5.97 Å². The van der Waals surface area contributed by atoms with Crippen LogP contribution in [-0.4, -0.2) is 42.2 Å². The first kappa shape index (κ1) is 22.7. The van der Waals surface area contributed by atoms with Crippen LogP contribution in [0.15, 0.2) is 78.9 Å². The number of carboxylic acid groups (broad SMARTS) is 1. The molecular formula is C27H31NO3. The molecule has 4 heteroatoms. The monoisotopic (exact) mass is 417 g/mol. The minimum Gasteiger partial charge on any atom is -0.480 e. The van der Waals surface area contributed by atoms with Crippen LogP contribution in [0.1, 0.15) is 33.7 Å². The van der Waals surface area contributed by atoms with E-state index >= 15 is 0 Å². The molecule has 0 saturated heterocycles. The third kappa shape index (κ3) is 6.51. The number of nitrogens with zero attached hydrogens (tertiary/aromatic N) is 1. The zero-order valence-corrected chi connectivity index (χ0v) is 18.5. The van der Waals surface area contributed by atoms with Crippen LogP contribution in [0.3, 0.4) is 0 Å². The fourth-order valence-corrected chi connectivity index (χ4v) is 4.22. The summed E-state index contributed by atoms with van der Waals surface area (Å²) in [6, 6.07) is 26.8. The van der Waals surface area contributed by atoms with Crippen molar-refractivity contribution >= 4 is 5.97 Å². The van der Waals surface area contributed by atoms with Crippen LogP contribution in [0.4, 0.5) is 0 Å². The van der Waals surface area contributed by atoms with Crippen molar-refractivity contribution in [2.24, 2.45) is 0 Å². The number of carboxylic acids is 1. The van der Waals surface area contributed by atoms with Gasteiger partial charge in [0, 0.05) is 12.0 Å². The van der Waals surface area contributed by atoms with Crippen molar-refractivity contribution in [3.63, 3.8) is 0 Å². The van der Waals surface area contributed by atoms with E-state index in [9.17, 15) is 9.90 Å². The fraction of sp³-hybridized carbons (Fsp3) is 0.296. The van der Waals surface area contributed by atoms with Crippen LogP contribution in [0.5, 0.6) is 0 Å². The third-order valence-corrected chi connectivity index (χ3v) is 5.49. The molecule has 0 saturated carbocycles. The molecule has 0 aromatic heterocycles. The Labute approximate surface area is 185 Å². The number of aliphatic carboxylic acids is 1. The summed E-state index contributed by atoms with van der Waals surface area (Å²) in [7, 11) is 1.86. The lowest BCUT2D eigenvalue weighted by molar-refractivity contribution is -0.138. The Morgan fingerprint density at radius 3 is 1.90 bits per heavy atom. The lowest BCUT2D eigenvalue weighted by atomic mass is 9.84. The minimum absolute atomic E-state index is 0.00834. The highest BCUT2D eigenvalue weighted by molar-refractivity contribution is 5.69. The molecule has 0 aliphatic rings. The molecule has 0 aliphatic carbocycles. The van der Waals surface area contributed by atoms with Gasteiger partial charge in [-0.2, -0.15) is 0 Å². The summed E-state index contributed by atoms with van der Waals surface area (Å²) in [5.41, 5.74) is 5.85. The summed E-state index contributed by atoms with van der Waals surface area (Å²) in [6.45, 7) is 5.04. The summed E-state index contributed by atoms with van der Waals surface area (Å²) >= 11 is 0. The average Bonchev–Trinajstić information content (AvgIpc) is 2.73. The highest BCUT2D eigenvalue weighted by Crippen LogP contribution is 2.31. The molecule has 0 radical (unpaired) electrons. The first-order valence-corrected chi connectivity index (χ1v) is 10.6. The molecule has 0 fully saturated rings. The predicted molar refractivity (Wildman–Crippen MR) is 124 cm³/mol. The quantitative estimate of drug-likeness (QED) is 0.502. The molecule has 162 valence electrons. The molecule has 1 N–H and O–H groups in total. The Kier molecular flexibility index (Phi) is 7.99. The van der Waals surface area contributed by atoms with Crippen LogP contribution in [0.25, 0.3) is 0 Å². The number of rotatable bonds is 10. The Hall–Kier alpha value is -2.95. The van der Waals surface area contributed by atoms with Gasteiger partial charge in [0.25, 0.3) is 0 Å². The van der Waals surface area contributed by atoms with E-state index in [4.69, 9.17) is 4.74 Å². The molecule has 1 atom stereocenters. The Bertz CT molecular complexity index is 913. The van der Waals surface area contributed by atoms with Crippen LogP contribution in [0, 0.1) is 13.8 Å². The van der Waals surface area contributed by atoms with Gasteiger partial charge in [0.05, 0.1) is 19.8 Å². The lowest BCUT2D eigenvalue weighted by Crippen LogP contribution is -2.43. The highest BCUT2D eigenvalue weighted by Gasteiger charge is 2.29. The highest BCUT2D eigenvalue weighted by atomic mass is 16.5. The molecule has 0 spiro atoms. The van der Waals surface area contributed by atoms with Crippen molar-refractivity contribution in [1.29, 1.82) is 0 Å². The van der Waals surface area contributed by atoms with Crippen molar-refractivity contribution in [1.82, 2.24) is 4.90 Å². The normalized spacial score (nSPS) is 12.3. The molecule has 0 aliphatic heterocycles. The minimum atomic E-state index is -0.846. The number of benzene rings is 3. The number of ether oxygens (including phenoxy) is 1. The largest absolute Gasteiger partial charge is 0.480 e. The van der Waals surface area contributed by atoms with E-state index in [1.165, 1.54) is 11.1 Å². The van der Waals surface area contributed by atoms with Crippen molar-refractivity contribution in [2.75, 3.05) is 20.2 Å². The van der Waals surface area contributed by atoms with Gasteiger partial charge in [-0.3, -0.25) is 9.69 Å². The number of aryl methyl sites for hydroxylation is 2. The maximum Gasteiger partial charge on any atom is 0.317 e. The van der Waals surface area contributed by atoms with E-state index in [0.717, 1.165) is 16.7 Å². The second-order valence-electron chi connectivity index (χ2n) is 8.19. The van der Waals surface area contributed by atoms with Gasteiger partial charge in [-0.05, 0) is 37.6 Å². The number of carbonyl (C=O) groups is 1. The van der Waals surface area contributed by atoms with Crippen LogP contribution in [-0.2, 0) is 16.1 Å². The van der Waals surface area contributed by atoms with Crippen molar-refractivity contribution in [2.45, 2.75) is 32.4 Å². The summed E-state index contributed by atoms with van der Waals surface area (Å²) in [6.07, 6.45) is 0. The summed E-state index contributed by atoms with van der Waals surface area (Å²) in [4.78, 5) is 13.4. The third-order valence-electron chi connectivity index (χ3n) is 5.49. The maximum atomic E-state index is 11.5. The van der Waals surface area contributed by atoms with Crippen molar-refractivity contribution < 1.29 is 14.6 Å². The molecule has 4 nitrogen and oxygen atoms in total. The molecule has 0 heterocycles. The number of hydrogen-bond donors (Lipinski definition) is 1. The first-order valence-electron chi connectivity index (χ1n) is 10.6. The second-order valence-corrected chi connectivity index (χ2v) is 8.19. The van der Waals surface area contributed by atoms with Crippen LogP contribution < -0.4 is 0 Å². The van der Waals surface area contributed by atoms with Gasteiger partial charge in [-0.1, -0.05) is 90.0 Å². The molecule has 3 aromatic carbocycles. The van der Waals surface area contributed by atoms with Crippen LogP contribution >= 0.6 is 0 Å². The SMILES string of the molecule is Cc1cc(C)cc(COCC(C(c2ccccc2)c2ccccc2)N(C)CC(=O)O)c1. The van der Waals surface area contributed by atoms with Gasteiger partial charge >= 0.3 is 5.97 Å². The Morgan fingerprint density at radius 1 is 0.903 bits per heavy atom. The molecule has 3 aromatic rings. The predicted octanol–water partition coefficient (Wildman–Crippen LogP) is 5.04. The number of likely N-dealkylation sites (N-methyl/N-ethyl adjacent to an activating group) is 1. The van der Waals surface area contributed by atoms with Crippen molar-refractivity contribution in [3.05, 3.63) is 107 Å². The zero-order chi connectivity index (χ0) is 22.2. The topological polar surface area (TPSA) is 49.8 Å². The van der Waals surface area contributed by atoms with Gasteiger partial charge in [0.1, 0.15) is 0 Å². The van der Waals surface area contributed by atoms with Gasteiger partial charge in [-0.15, -0.1) is 0 Å². The van der Waals surface area contributed by atoms with E-state index in [-0.39, 0.29) is 18.5 Å². The van der Waals surface area contributed by atoms with Crippen molar-refractivity contribution in [3.8, 4) is 0 Å². The standard InChI is InChI=1S/C27H31NO3/c1-20-14-21(2)16-22(15-20)18-31-19-25(28(3)17-26(29)30)27(23-10-6-4-7-11-23)24-12-8-5-9-13-24/h4-16,25,27H,17-19H2,1-3H3,(H,29,30). The molecule has 0 amide bonds. The molecule has 1 unspecified atom stereocenters. The second kappa shape index (κ2) is 10.9. The van der Waals surface area contributed by atoms with E-state index in [0.29, 0.717) is 13.2 Å². The summed E-state index contributed by atoms with van der Waals surface area (Å²) in [5, 5.41) is 9.44. The van der Waals surface area contributed by atoms with E-state index in [2.05, 4.69) is 56.3 Å². The Balaban J connectivity index is 1.88. The van der Waals surface area contributed by atoms with Gasteiger partial charge in [0.2, 0.25) is 0 Å². The lowest BCUT2D eigenvalue weighted by Gasteiger charge is -2.34. The van der Waals surface area contributed by atoms with Gasteiger partial charge in [-0.25, -0.2) is 0 Å². The number of hydrogen-bond acceptors (Lipinski definition) is 3. The van der Waals surface area contributed by atoms with Gasteiger partial charge in [0.15, 0.2) is 0 Å². The fourth-order valence-electron chi connectivity index (χ4n) is 4.22. The molecule has 31 heavy (non-hydrogen) atoms. The molecule has 3 rings (SSSR count). The smallest absolute Gasteiger partial charge is 0.317 e. The molecule has 0 bridgehead atoms. The molecular weight excluding hydrogens is 386 g/mol. The summed E-state index contributed by atoms with van der Waals surface area (Å²) in [5.74, 6) is -0.854. The van der Waals surface area contributed by atoms with Crippen LogP contribution in [0.2, 0.25) is 0 Å². The average molecular weight is 418 g/mol. The van der Waals surface area contributed by atoms with Gasteiger partial charge < -0.3 is 9.84 Å². The van der Waals surface area contributed by atoms with E-state index in [1.54, 1.807) is 0 Å². The maximum absolute atomic E-state index is 11.5. The Morgan fingerprint density at radius 2 is 1.42 bits per heavy atom. The van der Waals surface area contributed by atoms with E-state index in [1.807, 2.05) is 48.3 Å². The zero-order valence-electron chi connectivity index (χ0n) is 18.5. The summed E-state index contributed by atoms with van der Waals surface area (Å²) < 4.78 is 6.18.